The summed E-state index contributed by atoms with van der Waals surface area (Å²) < 4.78 is 0. The molecule has 0 bridgehead atoms. The highest BCUT2D eigenvalue weighted by Gasteiger charge is 2.11. The molecule has 4 heteroatoms. The first-order valence-electron chi connectivity index (χ1n) is 5.24. The van der Waals surface area contributed by atoms with Crippen LogP contribution < -0.4 is 0 Å². The van der Waals surface area contributed by atoms with E-state index in [-0.39, 0.29) is 5.56 Å². The van der Waals surface area contributed by atoms with Gasteiger partial charge < -0.3 is 15.3 Å². The second kappa shape index (κ2) is 5.63. The Hall–Kier alpha value is -1.39. The molecule has 16 heavy (non-hydrogen) atoms. The van der Waals surface area contributed by atoms with Crippen LogP contribution in [0, 0.1) is 0 Å². The third-order valence-electron chi connectivity index (χ3n) is 2.36. The SMILES string of the molecule is CCCc1cc(C(=O)O)cc(C(O)CO)c1. The van der Waals surface area contributed by atoms with Crippen LogP contribution >= 0.6 is 0 Å². The highest BCUT2D eigenvalue weighted by atomic mass is 16.4. The first-order valence-corrected chi connectivity index (χ1v) is 5.24. The van der Waals surface area contributed by atoms with Crippen LogP contribution in [0.4, 0.5) is 0 Å². The molecule has 1 rings (SSSR count). The lowest BCUT2D eigenvalue weighted by atomic mass is 10.00. The van der Waals surface area contributed by atoms with Gasteiger partial charge in [0.05, 0.1) is 12.2 Å². The van der Waals surface area contributed by atoms with Crippen molar-refractivity contribution >= 4 is 5.97 Å². The van der Waals surface area contributed by atoms with Crippen molar-refractivity contribution in [3.8, 4) is 0 Å². The Bertz CT molecular complexity index is 373. The van der Waals surface area contributed by atoms with Crippen LogP contribution in [0.15, 0.2) is 18.2 Å². The van der Waals surface area contributed by atoms with Crippen molar-refractivity contribution in [3.05, 3.63) is 34.9 Å². The van der Waals surface area contributed by atoms with Crippen molar-refractivity contribution < 1.29 is 20.1 Å². The number of aromatic carboxylic acids is 1. The van der Waals surface area contributed by atoms with Crippen molar-refractivity contribution in [1.82, 2.24) is 0 Å². The number of carbonyl (C=O) groups is 1. The van der Waals surface area contributed by atoms with Gasteiger partial charge >= 0.3 is 5.97 Å². The average molecular weight is 224 g/mol. The number of aliphatic hydroxyl groups excluding tert-OH is 2. The highest BCUT2D eigenvalue weighted by Crippen LogP contribution is 2.18. The van der Waals surface area contributed by atoms with E-state index in [1.165, 1.54) is 6.07 Å². The monoisotopic (exact) mass is 224 g/mol. The molecule has 3 N–H and O–H groups in total. The quantitative estimate of drug-likeness (QED) is 0.705. The number of carboxylic acid groups (broad SMARTS) is 1. The molecule has 1 unspecified atom stereocenters. The normalized spacial score (nSPS) is 12.4. The minimum Gasteiger partial charge on any atom is -0.478 e. The molecule has 1 atom stereocenters. The number of aryl methyl sites for hydroxylation is 1. The Balaban J connectivity index is 3.13. The number of hydrogen-bond acceptors (Lipinski definition) is 3. The summed E-state index contributed by atoms with van der Waals surface area (Å²) in [5.74, 6) is -1.02. The van der Waals surface area contributed by atoms with E-state index in [0.717, 1.165) is 18.4 Å². The van der Waals surface area contributed by atoms with Crippen molar-refractivity contribution in [1.29, 1.82) is 0 Å². The number of benzene rings is 1. The Morgan fingerprint density at radius 3 is 2.56 bits per heavy atom. The fourth-order valence-electron chi connectivity index (χ4n) is 1.57. The van der Waals surface area contributed by atoms with Gasteiger partial charge in [0.1, 0.15) is 6.10 Å². The summed E-state index contributed by atoms with van der Waals surface area (Å²) in [4.78, 5) is 10.9. The molecule has 4 nitrogen and oxygen atoms in total. The van der Waals surface area contributed by atoms with Gasteiger partial charge in [-0.3, -0.25) is 0 Å². The van der Waals surface area contributed by atoms with Crippen LogP contribution in [-0.4, -0.2) is 27.9 Å². The topological polar surface area (TPSA) is 77.8 Å². The standard InChI is InChI=1S/C12H16O4/c1-2-3-8-4-9(11(14)7-13)6-10(5-8)12(15)16/h4-6,11,13-14H,2-3,7H2,1H3,(H,15,16). The van der Waals surface area contributed by atoms with Gasteiger partial charge in [-0.15, -0.1) is 0 Å². The fraction of sp³-hybridized carbons (Fsp3) is 0.417. The molecule has 1 aromatic rings. The van der Waals surface area contributed by atoms with Gasteiger partial charge in [-0.05, 0) is 29.7 Å². The Labute approximate surface area is 94.2 Å². The summed E-state index contributed by atoms with van der Waals surface area (Å²) in [6.45, 7) is 1.59. The minimum absolute atomic E-state index is 0.147. The largest absolute Gasteiger partial charge is 0.478 e. The fourth-order valence-corrected chi connectivity index (χ4v) is 1.57. The van der Waals surface area contributed by atoms with Crippen LogP contribution in [0.25, 0.3) is 0 Å². The molecular weight excluding hydrogens is 208 g/mol. The van der Waals surface area contributed by atoms with Gasteiger partial charge in [-0.1, -0.05) is 19.4 Å². The molecule has 0 spiro atoms. The van der Waals surface area contributed by atoms with Crippen molar-refractivity contribution in [2.75, 3.05) is 6.61 Å². The molecule has 0 radical (unpaired) electrons. The van der Waals surface area contributed by atoms with Crippen LogP contribution in [0.5, 0.6) is 0 Å². The molecule has 0 saturated heterocycles. The lowest BCUT2D eigenvalue weighted by Gasteiger charge is -2.11. The van der Waals surface area contributed by atoms with E-state index in [1.54, 1.807) is 12.1 Å². The zero-order chi connectivity index (χ0) is 12.1. The zero-order valence-electron chi connectivity index (χ0n) is 9.18. The number of rotatable bonds is 5. The molecule has 0 fully saturated rings. The summed E-state index contributed by atoms with van der Waals surface area (Å²) >= 11 is 0. The third-order valence-corrected chi connectivity index (χ3v) is 2.36. The van der Waals surface area contributed by atoms with Gasteiger partial charge in [0.2, 0.25) is 0 Å². The van der Waals surface area contributed by atoms with E-state index in [9.17, 15) is 9.90 Å². The van der Waals surface area contributed by atoms with Gasteiger partial charge in [0.15, 0.2) is 0 Å². The van der Waals surface area contributed by atoms with E-state index in [0.29, 0.717) is 5.56 Å². The molecule has 1 aromatic carbocycles. The summed E-state index contributed by atoms with van der Waals surface area (Å²) in [6, 6.07) is 4.72. The summed E-state index contributed by atoms with van der Waals surface area (Å²) in [5, 5.41) is 27.2. The molecule has 0 amide bonds. The predicted octanol–water partition coefficient (Wildman–Crippen LogP) is 1.36. The van der Waals surface area contributed by atoms with Gasteiger partial charge in [-0.2, -0.15) is 0 Å². The number of carboxylic acids is 1. The van der Waals surface area contributed by atoms with E-state index < -0.39 is 18.7 Å². The molecule has 0 saturated carbocycles. The maximum Gasteiger partial charge on any atom is 0.335 e. The zero-order valence-corrected chi connectivity index (χ0v) is 9.18. The summed E-state index contributed by atoms with van der Waals surface area (Å²) in [7, 11) is 0. The van der Waals surface area contributed by atoms with Gasteiger partial charge in [0, 0.05) is 0 Å². The first kappa shape index (κ1) is 12.7. The average Bonchev–Trinajstić information content (AvgIpc) is 2.28. The second-order valence-corrected chi connectivity index (χ2v) is 3.72. The lowest BCUT2D eigenvalue weighted by molar-refractivity contribution is 0.0695. The highest BCUT2D eigenvalue weighted by molar-refractivity contribution is 5.88. The summed E-state index contributed by atoms with van der Waals surface area (Å²) in [6.07, 6.45) is 0.638. The van der Waals surface area contributed by atoms with Crippen molar-refractivity contribution in [2.45, 2.75) is 25.9 Å². The molecule has 0 aromatic heterocycles. The summed E-state index contributed by atoms with van der Waals surface area (Å²) in [5.41, 5.74) is 1.46. The molecule has 0 aliphatic carbocycles. The number of aliphatic hydroxyl groups is 2. The van der Waals surface area contributed by atoms with Crippen molar-refractivity contribution in [3.63, 3.8) is 0 Å². The maximum absolute atomic E-state index is 10.9. The van der Waals surface area contributed by atoms with Gasteiger partial charge in [-0.25, -0.2) is 4.79 Å². The van der Waals surface area contributed by atoms with Crippen LogP contribution in [0.3, 0.4) is 0 Å². The second-order valence-electron chi connectivity index (χ2n) is 3.72. The Morgan fingerprint density at radius 1 is 1.38 bits per heavy atom. The number of hydrogen-bond donors (Lipinski definition) is 3. The van der Waals surface area contributed by atoms with E-state index in [2.05, 4.69) is 0 Å². The molecule has 0 aliphatic rings. The van der Waals surface area contributed by atoms with E-state index in [4.69, 9.17) is 10.2 Å². The molecular formula is C12H16O4. The molecule has 0 aliphatic heterocycles. The van der Waals surface area contributed by atoms with E-state index >= 15 is 0 Å². The van der Waals surface area contributed by atoms with Gasteiger partial charge in [0.25, 0.3) is 0 Å². The van der Waals surface area contributed by atoms with E-state index in [1.807, 2.05) is 6.92 Å². The molecule has 88 valence electrons. The Morgan fingerprint density at radius 2 is 2.06 bits per heavy atom. The van der Waals surface area contributed by atoms with Crippen LogP contribution in [0.2, 0.25) is 0 Å². The first-order chi connectivity index (χ1) is 7.58. The smallest absolute Gasteiger partial charge is 0.335 e. The molecule has 0 heterocycles. The minimum atomic E-state index is -1.02. The van der Waals surface area contributed by atoms with Crippen molar-refractivity contribution in [2.24, 2.45) is 0 Å². The predicted molar refractivity (Wildman–Crippen MR) is 59.4 cm³/mol. The lowest BCUT2D eigenvalue weighted by Crippen LogP contribution is -2.06. The Kier molecular flexibility index (Phi) is 4.46. The van der Waals surface area contributed by atoms with Crippen LogP contribution in [-0.2, 0) is 6.42 Å². The third kappa shape index (κ3) is 3.05. The maximum atomic E-state index is 10.9. The van der Waals surface area contributed by atoms with Crippen LogP contribution in [0.1, 0.15) is 40.9 Å².